The largest absolute Gasteiger partial charge is 0.495 e. The summed E-state index contributed by atoms with van der Waals surface area (Å²) in [6.07, 6.45) is 2.98. The van der Waals surface area contributed by atoms with Crippen molar-refractivity contribution in [1.82, 2.24) is 5.32 Å². The van der Waals surface area contributed by atoms with Crippen molar-refractivity contribution in [3.8, 4) is 11.8 Å². The molecule has 2 N–H and O–H groups in total. The molecule has 0 bridgehead atoms. The quantitative estimate of drug-likeness (QED) is 0.635. The zero-order chi connectivity index (χ0) is 18.4. The van der Waals surface area contributed by atoms with Gasteiger partial charge in [0, 0.05) is 6.04 Å². The molecule has 1 aliphatic carbocycles. The molecule has 6 nitrogen and oxygen atoms in total. The second-order valence-electron chi connectivity index (χ2n) is 7.47. The number of ether oxygens (including phenoxy) is 1. The standard InChI is InChI=1S/C19H26N4O2/c1-13-9-14(11-19(2,3)10-13)21-18(24)16(12-20)23-22-15-7-5-6-8-17(15)25-4/h5-8,13-14,22H,9-11H2,1-4H3,(H,21,24)/b23-16+. The number of rotatable bonds is 5. The molecule has 25 heavy (non-hydrogen) atoms. The highest BCUT2D eigenvalue weighted by molar-refractivity contribution is 6.45. The minimum atomic E-state index is -0.445. The number of amides is 1. The lowest BCUT2D eigenvalue weighted by atomic mass is 9.70. The molecule has 0 radical (unpaired) electrons. The average Bonchev–Trinajstić information content (AvgIpc) is 2.53. The number of nitrogens with one attached hydrogen (secondary N) is 2. The van der Waals surface area contributed by atoms with E-state index in [2.05, 4.69) is 36.6 Å². The van der Waals surface area contributed by atoms with E-state index in [0.717, 1.165) is 19.3 Å². The van der Waals surface area contributed by atoms with Gasteiger partial charge in [-0.15, -0.1) is 0 Å². The lowest BCUT2D eigenvalue weighted by Crippen LogP contribution is -2.45. The van der Waals surface area contributed by atoms with E-state index in [-0.39, 0.29) is 17.2 Å². The maximum absolute atomic E-state index is 12.4. The van der Waals surface area contributed by atoms with Crippen molar-refractivity contribution in [2.24, 2.45) is 16.4 Å². The Hall–Kier alpha value is -2.55. The number of methoxy groups -OCH3 is 1. The maximum atomic E-state index is 12.4. The highest BCUT2D eigenvalue weighted by Crippen LogP contribution is 2.38. The van der Waals surface area contributed by atoms with Crippen LogP contribution in [0.25, 0.3) is 0 Å². The monoisotopic (exact) mass is 342 g/mol. The van der Waals surface area contributed by atoms with E-state index >= 15 is 0 Å². The minimum Gasteiger partial charge on any atom is -0.495 e. The summed E-state index contributed by atoms with van der Waals surface area (Å²) < 4.78 is 5.21. The summed E-state index contributed by atoms with van der Waals surface area (Å²) in [7, 11) is 1.55. The van der Waals surface area contributed by atoms with Crippen molar-refractivity contribution in [2.75, 3.05) is 12.5 Å². The van der Waals surface area contributed by atoms with Gasteiger partial charge in [0.15, 0.2) is 0 Å². The van der Waals surface area contributed by atoms with Gasteiger partial charge in [-0.05, 0) is 42.7 Å². The number of carbonyl (C=O) groups excluding carboxylic acids is 1. The highest BCUT2D eigenvalue weighted by atomic mass is 16.5. The average molecular weight is 342 g/mol. The first kappa shape index (κ1) is 18.8. The van der Waals surface area contributed by atoms with Gasteiger partial charge in [0.25, 0.3) is 5.91 Å². The van der Waals surface area contributed by atoms with Crippen LogP contribution in [0.1, 0.15) is 40.0 Å². The van der Waals surface area contributed by atoms with Crippen molar-refractivity contribution in [3.05, 3.63) is 24.3 Å². The van der Waals surface area contributed by atoms with Crippen LogP contribution in [0.15, 0.2) is 29.4 Å². The molecule has 134 valence electrons. The van der Waals surface area contributed by atoms with Gasteiger partial charge >= 0.3 is 0 Å². The summed E-state index contributed by atoms with van der Waals surface area (Å²) in [5.74, 6) is 0.690. The molecule has 2 atom stereocenters. The molecule has 2 rings (SSSR count). The zero-order valence-electron chi connectivity index (χ0n) is 15.3. The van der Waals surface area contributed by atoms with Crippen molar-refractivity contribution in [2.45, 2.75) is 46.1 Å². The summed E-state index contributed by atoms with van der Waals surface area (Å²) in [5, 5.41) is 16.2. The molecule has 0 heterocycles. The number of nitriles is 1. The third-order valence-electron chi connectivity index (χ3n) is 4.44. The Kier molecular flexibility index (Phi) is 6.02. The van der Waals surface area contributed by atoms with Crippen LogP contribution in [-0.2, 0) is 4.79 Å². The molecule has 0 saturated heterocycles. The first-order valence-corrected chi connectivity index (χ1v) is 8.52. The van der Waals surface area contributed by atoms with Gasteiger partial charge in [0.2, 0.25) is 5.71 Å². The number of para-hydroxylation sites is 2. The molecule has 0 spiro atoms. The maximum Gasteiger partial charge on any atom is 0.282 e. The van der Waals surface area contributed by atoms with E-state index in [9.17, 15) is 10.1 Å². The molecule has 0 aromatic heterocycles. The Morgan fingerprint density at radius 3 is 2.72 bits per heavy atom. The lowest BCUT2D eigenvalue weighted by molar-refractivity contribution is -0.115. The fourth-order valence-electron chi connectivity index (χ4n) is 3.69. The molecule has 1 amide bonds. The molecule has 0 aliphatic heterocycles. The smallest absolute Gasteiger partial charge is 0.282 e. The molecule has 1 fully saturated rings. The molecular weight excluding hydrogens is 316 g/mol. The van der Waals surface area contributed by atoms with Crippen molar-refractivity contribution in [1.29, 1.82) is 5.26 Å². The predicted octanol–water partition coefficient (Wildman–Crippen LogP) is 3.32. The fraction of sp³-hybridized carbons (Fsp3) is 0.526. The van der Waals surface area contributed by atoms with Crippen LogP contribution in [0, 0.1) is 22.7 Å². The van der Waals surface area contributed by atoms with Crippen LogP contribution in [0.5, 0.6) is 5.75 Å². The summed E-state index contributed by atoms with van der Waals surface area (Å²) >= 11 is 0. The van der Waals surface area contributed by atoms with Crippen LogP contribution < -0.4 is 15.5 Å². The third-order valence-corrected chi connectivity index (χ3v) is 4.44. The summed E-state index contributed by atoms with van der Waals surface area (Å²) in [5.41, 5.74) is 3.33. The molecular formula is C19H26N4O2. The van der Waals surface area contributed by atoms with Crippen molar-refractivity contribution >= 4 is 17.3 Å². The molecule has 1 aromatic carbocycles. The first-order chi connectivity index (χ1) is 11.8. The molecule has 1 aromatic rings. The second kappa shape index (κ2) is 8.02. The van der Waals surface area contributed by atoms with E-state index < -0.39 is 5.91 Å². The number of benzene rings is 1. The number of hydrazone groups is 1. The highest BCUT2D eigenvalue weighted by Gasteiger charge is 2.33. The van der Waals surface area contributed by atoms with E-state index in [4.69, 9.17) is 4.74 Å². The number of carbonyl (C=O) groups is 1. The van der Waals surface area contributed by atoms with Gasteiger partial charge in [0.1, 0.15) is 11.8 Å². The molecule has 1 saturated carbocycles. The lowest BCUT2D eigenvalue weighted by Gasteiger charge is -2.39. The van der Waals surface area contributed by atoms with Gasteiger partial charge in [-0.3, -0.25) is 10.2 Å². The van der Waals surface area contributed by atoms with Gasteiger partial charge < -0.3 is 10.1 Å². The van der Waals surface area contributed by atoms with Crippen LogP contribution in [-0.4, -0.2) is 24.8 Å². The molecule has 6 heteroatoms. The Labute approximate surface area is 149 Å². The van der Waals surface area contributed by atoms with Gasteiger partial charge in [-0.25, -0.2) is 0 Å². The Bertz CT molecular complexity index is 691. The summed E-state index contributed by atoms with van der Waals surface area (Å²) in [6.45, 7) is 6.62. The molecule has 2 unspecified atom stereocenters. The number of hydrogen-bond acceptors (Lipinski definition) is 5. The first-order valence-electron chi connectivity index (χ1n) is 8.52. The van der Waals surface area contributed by atoms with Crippen LogP contribution in [0.2, 0.25) is 0 Å². The fourth-order valence-corrected chi connectivity index (χ4v) is 3.69. The van der Waals surface area contributed by atoms with E-state index in [1.54, 1.807) is 19.2 Å². The van der Waals surface area contributed by atoms with Crippen LogP contribution >= 0.6 is 0 Å². The summed E-state index contributed by atoms with van der Waals surface area (Å²) in [4.78, 5) is 12.4. The van der Waals surface area contributed by atoms with Crippen molar-refractivity contribution < 1.29 is 9.53 Å². The van der Waals surface area contributed by atoms with Crippen molar-refractivity contribution in [3.63, 3.8) is 0 Å². The molecule has 1 aliphatic rings. The van der Waals surface area contributed by atoms with Gasteiger partial charge in [-0.1, -0.05) is 32.9 Å². The van der Waals surface area contributed by atoms with Gasteiger partial charge in [-0.2, -0.15) is 10.4 Å². The van der Waals surface area contributed by atoms with Crippen LogP contribution in [0.4, 0.5) is 5.69 Å². The van der Waals surface area contributed by atoms with E-state index in [1.165, 1.54) is 0 Å². The number of hydrogen-bond donors (Lipinski definition) is 2. The zero-order valence-corrected chi connectivity index (χ0v) is 15.3. The third kappa shape index (κ3) is 5.21. The SMILES string of the molecule is COc1ccccc1N/N=C(\C#N)C(=O)NC1CC(C)CC(C)(C)C1. The van der Waals surface area contributed by atoms with E-state index in [0.29, 0.717) is 17.4 Å². The normalized spacial score (nSPS) is 22.6. The van der Waals surface area contributed by atoms with E-state index in [1.807, 2.05) is 18.2 Å². The Morgan fingerprint density at radius 2 is 2.08 bits per heavy atom. The summed E-state index contributed by atoms with van der Waals surface area (Å²) in [6, 6.07) is 9.12. The Balaban J connectivity index is 2.04. The number of anilines is 1. The second-order valence-corrected chi connectivity index (χ2v) is 7.47. The van der Waals surface area contributed by atoms with Gasteiger partial charge in [0.05, 0.1) is 12.8 Å². The minimum absolute atomic E-state index is 0.0658. The topological polar surface area (TPSA) is 86.5 Å². The van der Waals surface area contributed by atoms with Crippen LogP contribution in [0.3, 0.4) is 0 Å². The number of nitrogens with zero attached hydrogens (tertiary/aromatic N) is 2. The predicted molar refractivity (Wildman–Crippen MR) is 98.4 cm³/mol. The Morgan fingerprint density at radius 1 is 1.36 bits per heavy atom.